The van der Waals surface area contributed by atoms with E-state index in [-0.39, 0.29) is 5.41 Å². The molecule has 0 amide bonds. The maximum Gasteiger partial charge on any atom is 0.0645 e. The monoisotopic (exact) mass is 344 g/mol. The van der Waals surface area contributed by atoms with Crippen LogP contribution in [0, 0.1) is 0 Å². The van der Waals surface area contributed by atoms with E-state index in [0.29, 0.717) is 10.0 Å². The van der Waals surface area contributed by atoms with E-state index in [1.807, 2.05) is 12.3 Å². The number of rotatable bonds is 2. The average Bonchev–Trinajstić information content (AvgIpc) is 2.72. The molecule has 2 aromatic carbocycles. The first-order valence-corrected chi connectivity index (χ1v) is 8.20. The van der Waals surface area contributed by atoms with Crippen molar-refractivity contribution in [2.75, 3.05) is 11.9 Å². The van der Waals surface area contributed by atoms with E-state index in [4.69, 9.17) is 23.2 Å². The predicted octanol–water partition coefficient (Wildman–Crippen LogP) is 6.01. The Kier molecular flexibility index (Phi) is 4.22. The van der Waals surface area contributed by atoms with Crippen molar-refractivity contribution in [3.05, 3.63) is 69.8 Å². The van der Waals surface area contributed by atoms with Crippen molar-refractivity contribution < 1.29 is 0 Å². The molecule has 2 aromatic rings. The van der Waals surface area contributed by atoms with Crippen molar-refractivity contribution in [3.63, 3.8) is 0 Å². The van der Waals surface area contributed by atoms with Gasteiger partial charge in [-0.2, -0.15) is 0 Å². The number of nitrogens with zero attached hydrogens (tertiary/aromatic N) is 2. The number of hydrogen-bond acceptors (Lipinski definition) is 2. The molecule has 0 aliphatic carbocycles. The van der Waals surface area contributed by atoms with Crippen molar-refractivity contribution in [1.29, 1.82) is 0 Å². The molecule has 0 fully saturated rings. The van der Waals surface area contributed by atoms with Crippen LogP contribution in [0.3, 0.4) is 0 Å². The maximum absolute atomic E-state index is 6.02. The number of likely N-dealkylation sites (N-methyl/N-ethyl adjacent to an activating group) is 1. The normalized spacial score (nSPS) is 18.0. The third-order valence-corrected chi connectivity index (χ3v) is 5.04. The third kappa shape index (κ3) is 2.89. The number of allylic oxidation sites excluding steroid dienone is 2. The van der Waals surface area contributed by atoms with E-state index in [1.165, 1.54) is 16.9 Å². The highest BCUT2D eigenvalue weighted by Crippen LogP contribution is 2.46. The lowest BCUT2D eigenvalue weighted by Crippen LogP contribution is -2.22. The Morgan fingerprint density at radius 2 is 1.78 bits per heavy atom. The summed E-state index contributed by atoms with van der Waals surface area (Å²) in [6.07, 6.45) is 3.88. The quantitative estimate of drug-likeness (QED) is 0.609. The van der Waals surface area contributed by atoms with E-state index in [0.717, 1.165) is 5.69 Å². The summed E-state index contributed by atoms with van der Waals surface area (Å²) in [5, 5.41) is 1.05. The molecule has 2 nitrogen and oxygen atoms in total. The third-order valence-electron chi connectivity index (χ3n) is 4.30. The van der Waals surface area contributed by atoms with Crippen LogP contribution in [0.2, 0.25) is 10.0 Å². The summed E-state index contributed by atoms with van der Waals surface area (Å²) in [5.74, 6) is 0. The molecule has 0 N–H and O–H groups in total. The summed E-state index contributed by atoms with van der Waals surface area (Å²) in [6, 6.07) is 13.8. The summed E-state index contributed by atoms with van der Waals surface area (Å²) in [4.78, 5) is 6.68. The van der Waals surface area contributed by atoms with Crippen LogP contribution in [0.1, 0.15) is 19.4 Å². The summed E-state index contributed by atoms with van der Waals surface area (Å²) >= 11 is 11.9. The minimum atomic E-state index is -0.0466. The molecular weight excluding hydrogens is 327 g/mol. The van der Waals surface area contributed by atoms with Crippen molar-refractivity contribution in [1.82, 2.24) is 0 Å². The van der Waals surface area contributed by atoms with Crippen LogP contribution >= 0.6 is 23.2 Å². The van der Waals surface area contributed by atoms with E-state index in [1.54, 1.807) is 12.1 Å². The number of para-hydroxylation sites is 1. The molecule has 1 aliphatic heterocycles. The lowest BCUT2D eigenvalue weighted by molar-refractivity contribution is 0.641. The van der Waals surface area contributed by atoms with Crippen molar-refractivity contribution in [3.8, 4) is 0 Å². The molecule has 4 heteroatoms. The SMILES string of the molecule is CN1C(=CC=Nc2ccc(Cl)c(Cl)c2)C(C)(C)c2ccccc21. The Bertz CT molecular complexity index is 807. The van der Waals surface area contributed by atoms with Gasteiger partial charge in [-0.1, -0.05) is 55.2 Å². The van der Waals surface area contributed by atoms with Crippen LogP contribution in [-0.4, -0.2) is 13.3 Å². The Balaban J connectivity index is 1.91. The fourth-order valence-electron chi connectivity index (χ4n) is 3.06. The number of fused-ring (bicyclic) bond motifs is 1. The molecule has 0 unspecified atom stereocenters. The summed E-state index contributed by atoms with van der Waals surface area (Å²) in [7, 11) is 2.09. The first kappa shape index (κ1) is 16.1. The topological polar surface area (TPSA) is 15.6 Å². The zero-order chi connectivity index (χ0) is 16.6. The van der Waals surface area contributed by atoms with Crippen LogP contribution in [0.25, 0.3) is 0 Å². The Morgan fingerprint density at radius 1 is 1.04 bits per heavy atom. The Hall–Kier alpha value is -1.77. The van der Waals surface area contributed by atoms with Crippen LogP contribution < -0.4 is 4.90 Å². The van der Waals surface area contributed by atoms with Gasteiger partial charge in [0, 0.05) is 30.1 Å². The molecule has 0 saturated heterocycles. The van der Waals surface area contributed by atoms with Crippen LogP contribution in [0.5, 0.6) is 0 Å². The fourth-order valence-corrected chi connectivity index (χ4v) is 3.35. The first-order chi connectivity index (χ1) is 10.9. The van der Waals surface area contributed by atoms with Gasteiger partial charge in [-0.15, -0.1) is 0 Å². The number of benzene rings is 2. The fraction of sp³-hybridized carbons (Fsp3) is 0.211. The average molecular weight is 345 g/mol. The van der Waals surface area contributed by atoms with Gasteiger partial charge in [0.05, 0.1) is 15.7 Å². The van der Waals surface area contributed by atoms with Gasteiger partial charge >= 0.3 is 0 Å². The number of aliphatic imine (C=N–C) groups is 1. The van der Waals surface area contributed by atoms with Gasteiger partial charge in [0.2, 0.25) is 0 Å². The molecule has 0 aromatic heterocycles. The molecule has 118 valence electrons. The minimum Gasteiger partial charge on any atom is -0.347 e. The maximum atomic E-state index is 6.02. The molecule has 0 radical (unpaired) electrons. The predicted molar refractivity (Wildman–Crippen MR) is 101 cm³/mol. The summed E-state index contributed by atoms with van der Waals surface area (Å²) in [6.45, 7) is 4.46. The van der Waals surface area contributed by atoms with Gasteiger partial charge in [-0.05, 0) is 35.9 Å². The van der Waals surface area contributed by atoms with Gasteiger partial charge in [0.1, 0.15) is 0 Å². The second kappa shape index (κ2) is 6.03. The van der Waals surface area contributed by atoms with Gasteiger partial charge in [-0.25, -0.2) is 0 Å². The van der Waals surface area contributed by atoms with E-state index in [9.17, 15) is 0 Å². The highest BCUT2D eigenvalue weighted by molar-refractivity contribution is 6.42. The standard InChI is InChI=1S/C19H18Cl2N2/c1-19(2)14-6-4-5-7-17(14)23(3)18(19)10-11-22-13-8-9-15(20)16(21)12-13/h4-12H,1-3H3. The minimum absolute atomic E-state index is 0.0466. The zero-order valence-corrected chi connectivity index (χ0v) is 14.9. The first-order valence-electron chi connectivity index (χ1n) is 7.44. The van der Waals surface area contributed by atoms with E-state index in [2.05, 4.69) is 61.1 Å². The van der Waals surface area contributed by atoms with Crippen LogP contribution in [0.4, 0.5) is 11.4 Å². The molecule has 1 aliphatic rings. The molecule has 1 heterocycles. The van der Waals surface area contributed by atoms with Gasteiger partial charge in [0.15, 0.2) is 0 Å². The second-order valence-corrected chi connectivity index (χ2v) is 6.94. The number of halogens is 2. The summed E-state index contributed by atoms with van der Waals surface area (Å²) < 4.78 is 0. The zero-order valence-electron chi connectivity index (χ0n) is 13.3. The molecular formula is C19H18Cl2N2. The van der Waals surface area contributed by atoms with Crippen molar-refractivity contribution in [2.45, 2.75) is 19.3 Å². The molecule has 23 heavy (non-hydrogen) atoms. The van der Waals surface area contributed by atoms with Crippen LogP contribution in [0.15, 0.2) is 59.2 Å². The van der Waals surface area contributed by atoms with Gasteiger partial charge in [-0.3, -0.25) is 4.99 Å². The van der Waals surface area contributed by atoms with E-state index >= 15 is 0 Å². The van der Waals surface area contributed by atoms with E-state index < -0.39 is 0 Å². The number of anilines is 1. The largest absolute Gasteiger partial charge is 0.347 e. The highest BCUT2D eigenvalue weighted by atomic mass is 35.5. The van der Waals surface area contributed by atoms with Crippen LogP contribution in [-0.2, 0) is 5.41 Å². The Morgan fingerprint density at radius 3 is 2.48 bits per heavy atom. The van der Waals surface area contributed by atoms with Crippen molar-refractivity contribution in [2.24, 2.45) is 4.99 Å². The highest BCUT2D eigenvalue weighted by Gasteiger charge is 2.37. The van der Waals surface area contributed by atoms with Gasteiger partial charge in [0.25, 0.3) is 0 Å². The molecule has 0 saturated carbocycles. The van der Waals surface area contributed by atoms with Gasteiger partial charge < -0.3 is 4.90 Å². The number of hydrogen-bond donors (Lipinski definition) is 0. The molecule has 0 spiro atoms. The van der Waals surface area contributed by atoms with Crippen molar-refractivity contribution >= 4 is 40.8 Å². The molecule has 3 rings (SSSR count). The Labute approximate surface area is 147 Å². The second-order valence-electron chi connectivity index (χ2n) is 6.13. The lowest BCUT2D eigenvalue weighted by atomic mass is 9.84. The molecule has 0 bridgehead atoms. The molecule has 0 atom stereocenters. The smallest absolute Gasteiger partial charge is 0.0645 e. The summed E-state index contributed by atoms with van der Waals surface area (Å²) in [5.41, 5.74) is 4.52. The lowest BCUT2D eigenvalue weighted by Gasteiger charge is -2.23.